The largest absolute Gasteiger partial charge is 0.398 e. The van der Waals surface area contributed by atoms with Crippen molar-refractivity contribution in [1.82, 2.24) is 0 Å². The fourth-order valence-corrected chi connectivity index (χ4v) is 1.67. The molecule has 0 amide bonds. The second-order valence-electron chi connectivity index (χ2n) is 3.89. The van der Waals surface area contributed by atoms with E-state index in [0.29, 0.717) is 0 Å². The van der Waals surface area contributed by atoms with E-state index in [9.17, 15) is 0 Å². The molecule has 0 unspecified atom stereocenters. The highest BCUT2D eigenvalue weighted by atomic mass is 35.5. The molecule has 2 heteroatoms. The van der Waals surface area contributed by atoms with E-state index < -0.39 is 0 Å². The maximum absolute atomic E-state index is 5.94. The van der Waals surface area contributed by atoms with Crippen molar-refractivity contribution in [2.75, 3.05) is 5.73 Å². The van der Waals surface area contributed by atoms with Gasteiger partial charge in [0.05, 0.1) is 0 Å². The van der Waals surface area contributed by atoms with Gasteiger partial charge in [0.1, 0.15) is 0 Å². The smallest absolute Gasteiger partial charge is 0.0393 e. The molecule has 1 nitrogen and oxygen atoms in total. The van der Waals surface area contributed by atoms with Gasteiger partial charge in [-0.1, -0.05) is 36.4 Å². The standard InChI is InChI=1S/C14H15N.ClH/c1-10-7-8-12(9-11(10)2)13-5-3-4-6-14(13)15;/h3-9H,15H2,1-2H3;1H. The number of benzene rings is 2. The maximum atomic E-state index is 5.94. The fourth-order valence-electron chi connectivity index (χ4n) is 1.67. The van der Waals surface area contributed by atoms with Crippen molar-refractivity contribution in [3.8, 4) is 11.1 Å². The molecule has 2 aromatic rings. The van der Waals surface area contributed by atoms with Gasteiger partial charge >= 0.3 is 0 Å². The molecule has 84 valence electrons. The topological polar surface area (TPSA) is 26.0 Å². The molecule has 0 heterocycles. The van der Waals surface area contributed by atoms with Gasteiger partial charge < -0.3 is 5.73 Å². The van der Waals surface area contributed by atoms with Gasteiger partial charge in [-0.25, -0.2) is 0 Å². The Kier molecular flexibility index (Phi) is 3.97. The fraction of sp³-hybridized carbons (Fsp3) is 0.143. The van der Waals surface area contributed by atoms with Crippen LogP contribution in [0.15, 0.2) is 42.5 Å². The molecule has 0 spiro atoms. The van der Waals surface area contributed by atoms with Crippen molar-refractivity contribution < 1.29 is 0 Å². The van der Waals surface area contributed by atoms with Crippen molar-refractivity contribution >= 4 is 18.1 Å². The molecule has 0 fully saturated rings. The van der Waals surface area contributed by atoms with E-state index in [4.69, 9.17) is 5.73 Å². The Morgan fingerprint density at radius 3 is 2.19 bits per heavy atom. The number of rotatable bonds is 1. The molecule has 0 aliphatic heterocycles. The minimum atomic E-state index is 0. The van der Waals surface area contributed by atoms with E-state index in [1.807, 2.05) is 18.2 Å². The van der Waals surface area contributed by atoms with Gasteiger partial charge in [0, 0.05) is 11.3 Å². The molecule has 0 aliphatic rings. The molecule has 0 aliphatic carbocycles. The van der Waals surface area contributed by atoms with Gasteiger partial charge in [-0.15, -0.1) is 12.4 Å². The summed E-state index contributed by atoms with van der Waals surface area (Å²) >= 11 is 0. The predicted octanol–water partition coefficient (Wildman–Crippen LogP) is 3.97. The summed E-state index contributed by atoms with van der Waals surface area (Å²) in [6.45, 7) is 4.24. The second-order valence-corrected chi connectivity index (χ2v) is 3.89. The number of hydrogen-bond donors (Lipinski definition) is 1. The van der Waals surface area contributed by atoms with Crippen LogP contribution in [0, 0.1) is 13.8 Å². The van der Waals surface area contributed by atoms with Crippen molar-refractivity contribution in [3.05, 3.63) is 53.6 Å². The molecule has 16 heavy (non-hydrogen) atoms. The number of halogens is 1. The minimum Gasteiger partial charge on any atom is -0.398 e. The first-order valence-electron chi connectivity index (χ1n) is 5.10. The van der Waals surface area contributed by atoms with Gasteiger partial charge in [0.2, 0.25) is 0 Å². The predicted molar refractivity (Wildman–Crippen MR) is 73.0 cm³/mol. The van der Waals surface area contributed by atoms with Gasteiger partial charge in [-0.2, -0.15) is 0 Å². The lowest BCUT2D eigenvalue weighted by molar-refractivity contribution is 1.34. The minimum absolute atomic E-state index is 0. The normalized spacial score (nSPS) is 9.62. The molecule has 0 bridgehead atoms. The van der Waals surface area contributed by atoms with Gasteiger partial charge in [0.25, 0.3) is 0 Å². The third-order valence-corrected chi connectivity index (χ3v) is 2.78. The molecule has 0 radical (unpaired) electrons. The Hall–Kier alpha value is -1.47. The SMILES string of the molecule is Cc1ccc(-c2ccccc2N)cc1C.Cl. The van der Waals surface area contributed by atoms with Crippen molar-refractivity contribution in [2.45, 2.75) is 13.8 Å². The summed E-state index contributed by atoms with van der Waals surface area (Å²) < 4.78 is 0. The lowest BCUT2D eigenvalue weighted by atomic mass is 9.99. The van der Waals surface area contributed by atoms with Crippen LogP contribution in [0.4, 0.5) is 5.69 Å². The van der Waals surface area contributed by atoms with Gasteiger partial charge in [-0.05, 0) is 36.6 Å². The van der Waals surface area contributed by atoms with Crippen LogP contribution in [0.5, 0.6) is 0 Å². The van der Waals surface area contributed by atoms with E-state index in [-0.39, 0.29) is 12.4 Å². The summed E-state index contributed by atoms with van der Waals surface area (Å²) in [5.41, 5.74) is 11.7. The van der Waals surface area contributed by atoms with Crippen LogP contribution >= 0.6 is 12.4 Å². The first-order chi connectivity index (χ1) is 7.18. The lowest BCUT2D eigenvalue weighted by Gasteiger charge is -2.07. The van der Waals surface area contributed by atoms with Crippen LogP contribution in [0.2, 0.25) is 0 Å². The second kappa shape index (κ2) is 5.04. The molecule has 0 atom stereocenters. The molecule has 0 aromatic heterocycles. The number of nitrogen functional groups attached to an aromatic ring is 1. The van der Waals surface area contributed by atoms with Crippen LogP contribution in [0.1, 0.15) is 11.1 Å². The molecule has 0 saturated carbocycles. The molecular formula is C14H16ClN. The highest BCUT2D eigenvalue weighted by Crippen LogP contribution is 2.26. The summed E-state index contributed by atoms with van der Waals surface area (Å²) in [4.78, 5) is 0. The Bertz CT molecular complexity index is 492. The van der Waals surface area contributed by atoms with Gasteiger partial charge in [0.15, 0.2) is 0 Å². The molecule has 2 rings (SSSR count). The van der Waals surface area contributed by atoms with Crippen LogP contribution < -0.4 is 5.73 Å². The van der Waals surface area contributed by atoms with Crippen molar-refractivity contribution in [1.29, 1.82) is 0 Å². The number of aryl methyl sites for hydroxylation is 2. The molecular weight excluding hydrogens is 218 g/mol. The molecule has 2 aromatic carbocycles. The van der Waals surface area contributed by atoms with E-state index in [1.54, 1.807) is 0 Å². The van der Waals surface area contributed by atoms with Crippen molar-refractivity contribution in [3.63, 3.8) is 0 Å². The monoisotopic (exact) mass is 233 g/mol. The summed E-state index contributed by atoms with van der Waals surface area (Å²) in [6.07, 6.45) is 0. The maximum Gasteiger partial charge on any atom is 0.0393 e. The third kappa shape index (κ3) is 2.37. The van der Waals surface area contributed by atoms with E-state index in [0.717, 1.165) is 11.3 Å². The van der Waals surface area contributed by atoms with E-state index in [1.165, 1.54) is 16.7 Å². The first kappa shape index (κ1) is 12.6. The van der Waals surface area contributed by atoms with E-state index in [2.05, 4.69) is 38.1 Å². The number of para-hydroxylation sites is 1. The summed E-state index contributed by atoms with van der Waals surface area (Å²) in [6, 6.07) is 14.4. The average molecular weight is 234 g/mol. The number of nitrogens with two attached hydrogens (primary N) is 1. The Balaban J connectivity index is 0.00000128. The summed E-state index contributed by atoms with van der Waals surface area (Å²) in [5, 5.41) is 0. The number of hydrogen-bond acceptors (Lipinski definition) is 1. The lowest BCUT2D eigenvalue weighted by Crippen LogP contribution is -1.90. The Morgan fingerprint density at radius 1 is 0.875 bits per heavy atom. The zero-order valence-electron chi connectivity index (χ0n) is 9.53. The summed E-state index contributed by atoms with van der Waals surface area (Å²) in [5.74, 6) is 0. The van der Waals surface area contributed by atoms with Crippen molar-refractivity contribution in [2.24, 2.45) is 0 Å². The quantitative estimate of drug-likeness (QED) is 0.741. The third-order valence-electron chi connectivity index (χ3n) is 2.78. The number of anilines is 1. The first-order valence-corrected chi connectivity index (χ1v) is 5.10. The van der Waals surface area contributed by atoms with E-state index >= 15 is 0 Å². The van der Waals surface area contributed by atoms with Gasteiger partial charge in [-0.3, -0.25) is 0 Å². The average Bonchev–Trinajstić information content (AvgIpc) is 2.23. The van der Waals surface area contributed by atoms with Crippen LogP contribution in [-0.4, -0.2) is 0 Å². The van der Waals surface area contributed by atoms with Crippen LogP contribution in [-0.2, 0) is 0 Å². The highest BCUT2D eigenvalue weighted by Gasteiger charge is 2.02. The summed E-state index contributed by atoms with van der Waals surface area (Å²) in [7, 11) is 0. The molecule has 0 saturated heterocycles. The van der Waals surface area contributed by atoms with Crippen LogP contribution in [0.25, 0.3) is 11.1 Å². The Morgan fingerprint density at radius 2 is 1.56 bits per heavy atom. The molecule has 2 N–H and O–H groups in total. The zero-order chi connectivity index (χ0) is 10.8. The highest BCUT2D eigenvalue weighted by molar-refractivity contribution is 5.85. The zero-order valence-corrected chi connectivity index (χ0v) is 10.3. The van der Waals surface area contributed by atoms with Crippen LogP contribution in [0.3, 0.4) is 0 Å². The Labute approximate surface area is 103 Å².